The number of aliphatic hydroxyl groups excluding tert-OH is 1. The van der Waals surface area contributed by atoms with E-state index >= 15 is 0 Å². The number of ether oxygens (including phenoxy) is 1. The Morgan fingerprint density at radius 2 is 1.71 bits per heavy atom. The highest BCUT2D eigenvalue weighted by molar-refractivity contribution is 5.80. The van der Waals surface area contributed by atoms with Gasteiger partial charge in [-0.3, -0.25) is 4.79 Å². The van der Waals surface area contributed by atoms with E-state index in [0.717, 1.165) is 28.9 Å². The number of para-hydroxylation sites is 1. The van der Waals surface area contributed by atoms with Crippen LogP contribution in [-0.2, 0) is 11.2 Å². The van der Waals surface area contributed by atoms with Crippen molar-refractivity contribution in [1.29, 1.82) is 0 Å². The third-order valence-electron chi connectivity index (χ3n) is 5.84. The molecule has 0 unspecified atom stereocenters. The summed E-state index contributed by atoms with van der Waals surface area (Å²) in [5, 5.41) is 13.5. The van der Waals surface area contributed by atoms with Gasteiger partial charge in [0.25, 0.3) is 0 Å². The maximum absolute atomic E-state index is 13.3. The summed E-state index contributed by atoms with van der Waals surface area (Å²) in [7, 11) is 1.66. The van der Waals surface area contributed by atoms with Crippen molar-refractivity contribution in [3.05, 3.63) is 101 Å². The predicted octanol–water partition coefficient (Wildman–Crippen LogP) is 3.49. The topological polar surface area (TPSA) is 61.8 Å². The van der Waals surface area contributed by atoms with E-state index < -0.39 is 6.10 Å². The summed E-state index contributed by atoms with van der Waals surface area (Å²) < 4.78 is 5.62. The van der Waals surface area contributed by atoms with Crippen molar-refractivity contribution >= 4 is 5.91 Å². The van der Waals surface area contributed by atoms with Gasteiger partial charge in [0.1, 0.15) is 5.75 Å². The zero-order valence-electron chi connectivity index (χ0n) is 17.7. The summed E-state index contributed by atoms with van der Waals surface area (Å²) in [6.45, 7) is 1.12. The lowest BCUT2D eigenvalue weighted by Gasteiger charge is -2.38. The third-order valence-corrected chi connectivity index (χ3v) is 5.84. The fourth-order valence-corrected chi connectivity index (χ4v) is 4.27. The van der Waals surface area contributed by atoms with E-state index in [9.17, 15) is 9.90 Å². The minimum Gasteiger partial charge on any atom is -0.496 e. The smallest absolute Gasteiger partial charge is 0.237 e. The van der Waals surface area contributed by atoms with Gasteiger partial charge in [-0.2, -0.15) is 0 Å². The molecule has 160 valence electrons. The number of carbonyl (C=O) groups excluding carboxylic acids is 1. The Balaban J connectivity index is 1.52. The van der Waals surface area contributed by atoms with Crippen LogP contribution < -0.4 is 10.1 Å². The Morgan fingerprint density at radius 3 is 2.48 bits per heavy atom. The van der Waals surface area contributed by atoms with Gasteiger partial charge in [-0.1, -0.05) is 72.8 Å². The SMILES string of the molecule is COc1ccccc1[C@H]1c2ccccc2CCN1C(=O)CNC[C@H](O)c1ccccc1. The van der Waals surface area contributed by atoms with Crippen molar-refractivity contribution in [3.8, 4) is 5.75 Å². The van der Waals surface area contributed by atoms with Crippen LogP contribution in [0.2, 0.25) is 0 Å². The summed E-state index contributed by atoms with van der Waals surface area (Å²) in [6, 6.07) is 25.4. The molecule has 4 rings (SSSR count). The molecule has 1 aliphatic heterocycles. The Morgan fingerprint density at radius 1 is 1.03 bits per heavy atom. The van der Waals surface area contributed by atoms with Crippen LogP contribution in [0.3, 0.4) is 0 Å². The molecule has 0 bridgehead atoms. The second kappa shape index (κ2) is 9.77. The van der Waals surface area contributed by atoms with Crippen LogP contribution in [0.1, 0.15) is 34.4 Å². The van der Waals surface area contributed by atoms with Gasteiger partial charge in [0.2, 0.25) is 5.91 Å². The number of fused-ring (bicyclic) bond motifs is 1. The van der Waals surface area contributed by atoms with E-state index in [1.54, 1.807) is 7.11 Å². The minimum absolute atomic E-state index is 0.00525. The van der Waals surface area contributed by atoms with E-state index in [0.29, 0.717) is 13.1 Å². The molecule has 0 spiro atoms. The number of methoxy groups -OCH3 is 1. The second-order valence-electron chi connectivity index (χ2n) is 7.74. The van der Waals surface area contributed by atoms with Crippen molar-refractivity contribution in [1.82, 2.24) is 10.2 Å². The molecule has 0 fully saturated rings. The van der Waals surface area contributed by atoms with Crippen LogP contribution in [0.15, 0.2) is 78.9 Å². The summed E-state index contributed by atoms with van der Waals surface area (Å²) in [6.07, 6.45) is 0.168. The maximum Gasteiger partial charge on any atom is 0.237 e. The first-order chi connectivity index (χ1) is 15.2. The highest BCUT2D eigenvalue weighted by Gasteiger charge is 2.33. The van der Waals surface area contributed by atoms with Crippen molar-refractivity contribution in [3.63, 3.8) is 0 Å². The first-order valence-electron chi connectivity index (χ1n) is 10.6. The molecule has 1 heterocycles. The Labute approximate surface area is 183 Å². The highest BCUT2D eigenvalue weighted by atomic mass is 16.5. The highest BCUT2D eigenvalue weighted by Crippen LogP contribution is 2.39. The van der Waals surface area contributed by atoms with E-state index in [1.165, 1.54) is 5.56 Å². The molecule has 0 aromatic heterocycles. The third kappa shape index (κ3) is 4.63. The molecular formula is C26H28N2O3. The first-order valence-corrected chi connectivity index (χ1v) is 10.6. The van der Waals surface area contributed by atoms with E-state index in [-0.39, 0.29) is 18.5 Å². The first kappa shape index (κ1) is 21.1. The lowest BCUT2D eigenvalue weighted by molar-refractivity contribution is -0.132. The average molecular weight is 417 g/mol. The van der Waals surface area contributed by atoms with Crippen molar-refractivity contribution in [2.75, 3.05) is 26.7 Å². The number of nitrogens with one attached hydrogen (secondary N) is 1. The summed E-state index contributed by atoms with van der Waals surface area (Å²) >= 11 is 0. The monoisotopic (exact) mass is 416 g/mol. The van der Waals surface area contributed by atoms with E-state index in [4.69, 9.17) is 4.74 Å². The fraction of sp³-hybridized carbons (Fsp3) is 0.269. The van der Waals surface area contributed by atoms with E-state index in [2.05, 4.69) is 17.4 Å². The molecule has 0 saturated carbocycles. The average Bonchev–Trinajstić information content (AvgIpc) is 2.83. The Kier molecular flexibility index (Phi) is 6.65. The lowest BCUT2D eigenvalue weighted by Crippen LogP contribution is -2.45. The molecule has 5 heteroatoms. The normalized spacial score (nSPS) is 16.5. The predicted molar refractivity (Wildman–Crippen MR) is 121 cm³/mol. The molecule has 0 radical (unpaired) electrons. The van der Waals surface area contributed by atoms with Gasteiger partial charge in [-0.05, 0) is 29.2 Å². The van der Waals surface area contributed by atoms with Gasteiger partial charge in [-0.15, -0.1) is 0 Å². The summed E-state index contributed by atoms with van der Waals surface area (Å²) in [5.41, 5.74) is 4.21. The molecule has 2 N–H and O–H groups in total. The summed E-state index contributed by atoms with van der Waals surface area (Å²) in [5.74, 6) is 0.778. The van der Waals surface area contributed by atoms with Crippen LogP contribution in [0.4, 0.5) is 0 Å². The zero-order chi connectivity index (χ0) is 21.6. The molecule has 2 atom stereocenters. The molecule has 0 saturated heterocycles. The van der Waals surface area contributed by atoms with Crippen LogP contribution in [0.5, 0.6) is 5.75 Å². The zero-order valence-corrected chi connectivity index (χ0v) is 17.7. The number of nitrogens with zero attached hydrogens (tertiary/aromatic N) is 1. The van der Waals surface area contributed by atoms with Crippen LogP contribution in [-0.4, -0.2) is 42.7 Å². The van der Waals surface area contributed by atoms with Gasteiger partial charge in [0.15, 0.2) is 0 Å². The van der Waals surface area contributed by atoms with Gasteiger partial charge in [-0.25, -0.2) is 0 Å². The maximum atomic E-state index is 13.3. The minimum atomic E-state index is -0.652. The number of hydrogen-bond acceptors (Lipinski definition) is 4. The summed E-state index contributed by atoms with van der Waals surface area (Å²) in [4.78, 5) is 15.2. The standard InChI is InChI=1S/C26H28N2O3/c1-31-24-14-8-7-13-22(24)26-21-12-6-5-9-19(21)15-16-28(26)25(30)18-27-17-23(29)20-10-3-2-4-11-20/h2-14,23,26-27,29H,15-18H2,1H3/t23-,26+/m0/s1. The quantitative estimate of drug-likeness (QED) is 0.619. The van der Waals surface area contributed by atoms with E-state index in [1.807, 2.05) is 71.6 Å². The molecule has 3 aromatic rings. The van der Waals surface area contributed by atoms with Crippen LogP contribution >= 0.6 is 0 Å². The number of aliphatic hydroxyl groups is 1. The number of amides is 1. The number of carbonyl (C=O) groups is 1. The fourth-order valence-electron chi connectivity index (χ4n) is 4.27. The molecule has 5 nitrogen and oxygen atoms in total. The number of hydrogen-bond donors (Lipinski definition) is 2. The molecular weight excluding hydrogens is 388 g/mol. The van der Waals surface area contributed by atoms with Crippen molar-refractivity contribution in [2.45, 2.75) is 18.6 Å². The molecule has 0 aliphatic carbocycles. The van der Waals surface area contributed by atoms with Gasteiger partial charge in [0, 0.05) is 18.7 Å². The lowest BCUT2D eigenvalue weighted by atomic mass is 9.87. The molecule has 1 aliphatic rings. The van der Waals surface area contributed by atoms with Gasteiger partial charge in [0.05, 0.1) is 25.8 Å². The second-order valence-corrected chi connectivity index (χ2v) is 7.74. The van der Waals surface area contributed by atoms with Gasteiger partial charge < -0.3 is 20.1 Å². The van der Waals surface area contributed by atoms with Crippen LogP contribution in [0.25, 0.3) is 0 Å². The van der Waals surface area contributed by atoms with Gasteiger partial charge >= 0.3 is 0 Å². The molecule has 3 aromatic carbocycles. The van der Waals surface area contributed by atoms with Crippen molar-refractivity contribution in [2.24, 2.45) is 0 Å². The van der Waals surface area contributed by atoms with Crippen molar-refractivity contribution < 1.29 is 14.6 Å². The Hall–Kier alpha value is -3.15. The Bertz CT molecular complexity index is 1020. The molecule has 31 heavy (non-hydrogen) atoms. The van der Waals surface area contributed by atoms with Crippen LogP contribution in [0, 0.1) is 0 Å². The number of rotatable bonds is 7. The molecule has 1 amide bonds. The number of benzene rings is 3. The largest absolute Gasteiger partial charge is 0.496 e.